The molecule has 0 fully saturated rings. The van der Waals surface area contributed by atoms with Crippen molar-refractivity contribution in [3.8, 4) is 0 Å². The lowest BCUT2D eigenvalue weighted by molar-refractivity contribution is 0.540. The largest absolute Gasteiger partial charge is 0.348 e. The average Bonchev–Trinajstić information content (AvgIpc) is 2.14. The second-order valence-electron chi connectivity index (χ2n) is 2.45. The number of hydrogen-bond donors (Lipinski definition) is 1. The number of carbonyl (C=O) groups excluding carboxylic acids is 1. The van der Waals surface area contributed by atoms with Crippen molar-refractivity contribution in [3.05, 3.63) is 30.1 Å². The molecular formula is C9H11N2O. The van der Waals surface area contributed by atoms with Gasteiger partial charge in [0.15, 0.2) is 0 Å². The van der Waals surface area contributed by atoms with E-state index in [9.17, 15) is 4.79 Å². The van der Waals surface area contributed by atoms with E-state index >= 15 is 0 Å². The Hall–Kier alpha value is -1.38. The molecule has 3 nitrogen and oxygen atoms in total. The Kier molecular flexibility index (Phi) is 3.84. The molecular weight excluding hydrogens is 152 g/mol. The van der Waals surface area contributed by atoms with E-state index in [1.54, 1.807) is 12.6 Å². The van der Waals surface area contributed by atoms with Crippen LogP contribution in [0.3, 0.4) is 0 Å². The summed E-state index contributed by atoms with van der Waals surface area (Å²) in [5.74, 6) is 0. The average molecular weight is 163 g/mol. The number of hydrogen-bond acceptors (Lipinski definition) is 2. The normalized spacial score (nSPS) is 9.33. The SMILES string of the molecule is O=[C]NCCCc1ccccn1. The first-order valence-corrected chi connectivity index (χ1v) is 3.93. The summed E-state index contributed by atoms with van der Waals surface area (Å²) in [7, 11) is 0. The van der Waals surface area contributed by atoms with Gasteiger partial charge in [0.25, 0.3) is 0 Å². The summed E-state index contributed by atoms with van der Waals surface area (Å²) in [6.45, 7) is 0.667. The van der Waals surface area contributed by atoms with Crippen LogP contribution in [0.25, 0.3) is 0 Å². The Morgan fingerprint density at radius 2 is 2.42 bits per heavy atom. The van der Waals surface area contributed by atoms with Gasteiger partial charge in [0, 0.05) is 18.4 Å². The van der Waals surface area contributed by atoms with Gasteiger partial charge in [-0.2, -0.15) is 0 Å². The first kappa shape index (κ1) is 8.71. The van der Waals surface area contributed by atoms with Crippen LogP contribution in [0.4, 0.5) is 0 Å². The Balaban J connectivity index is 2.20. The number of rotatable bonds is 5. The molecule has 3 heteroatoms. The fourth-order valence-electron chi connectivity index (χ4n) is 0.955. The number of nitrogens with one attached hydrogen (secondary N) is 1. The highest BCUT2D eigenvalue weighted by Gasteiger charge is 1.91. The Morgan fingerprint density at radius 1 is 1.50 bits per heavy atom. The zero-order valence-corrected chi connectivity index (χ0v) is 6.79. The molecule has 1 amide bonds. The summed E-state index contributed by atoms with van der Waals surface area (Å²) in [4.78, 5) is 13.9. The molecule has 1 heterocycles. The summed E-state index contributed by atoms with van der Waals surface area (Å²) in [5.41, 5.74) is 1.06. The van der Waals surface area contributed by atoms with Gasteiger partial charge < -0.3 is 5.32 Å². The minimum Gasteiger partial charge on any atom is -0.348 e. The number of nitrogens with zero attached hydrogens (tertiary/aromatic N) is 1. The molecule has 0 aliphatic carbocycles. The van der Waals surface area contributed by atoms with Gasteiger partial charge in [0.05, 0.1) is 0 Å². The third kappa shape index (κ3) is 3.14. The van der Waals surface area contributed by atoms with E-state index in [1.165, 1.54) is 0 Å². The van der Waals surface area contributed by atoms with Crippen LogP contribution >= 0.6 is 0 Å². The summed E-state index contributed by atoms with van der Waals surface area (Å²) >= 11 is 0. The fraction of sp³-hybridized carbons (Fsp3) is 0.333. The Bertz CT molecular complexity index is 223. The molecule has 0 aromatic carbocycles. The van der Waals surface area contributed by atoms with Crippen LogP contribution in [0.2, 0.25) is 0 Å². The van der Waals surface area contributed by atoms with Crippen molar-refractivity contribution in [2.45, 2.75) is 12.8 Å². The van der Waals surface area contributed by atoms with Gasteiger partial charge in [0.1, 0.15) is 0 Å². The smallest absolute Gasteiger partial charge is 0.309 e. The van der Waals surface area contributed by atoms with E-state index in [2.05, 4.69) is 10.3 Å². The maximum Gasteiger partial charge on any atom is 0.309 e. The van der Waals surface area contributed by atoms with Crippen LogP contribution in [-0.2, 0) is 11.2 Å². The first-order chi connectivity index (χ1) is 5.93. The van der Waals surface area contributed by atoms with E-state index in [0.29, 0.717) is 6.54 Å². The molecule has 0 bridgehead atoms. The van der Waals surface area contributed by atoms with Crippen LogP contribution in [0.15, 0.2) is 24.4 Å². The van der Waals surface area contributed by atoms with E-state index in [-0.39, 0.29) is 0 Å². The van der Waals surface area contributed by atoms with Gasteiger partial charge in [-0.3, -0.25) is 9.78 Å². The molecule has 1 aromatic heterocycles. The zero-order valence-electron chi connectivity index (χ0n) is 6.79. The topological polar surface area (TPSA) is 42.0 Å². The minimum absolute atomic E-state index is 0.667. The van der Waals surface area contributed by atoms with E-state index in [4.69, 9.17) is 0 Å². The molecule has 12 heavy (non-hydrogen) atoms. The highest BCUT2D eigenvalue weighted by molar-refractivity contribution is 5.46. The summed E-state index contributed by atoms with van der Waals surface area (Å²) < 4.78 is 0. The number of aromatic nitrogens is 1. The third-order valence-corrected chi connectivity index (χ3v) is 1.53. The first-order valence-electron chi connectivity index (χ1n) is 3.93. The van der Waals surface area contributed by atoms with Crippen molar-refractivity contribution < 1.29 is 4.79 Å². The van der Waals surface area contributed by atoms with Crippen LogP contribution in [0.5, 0.6) is 0 Å². The van der Waals surface area contributed by atoms with Crippen molar-refractivity contribution in [1.29, 1.82) is 0 Å². The summed E-state index contributed by atoms with van der Waals surface area (Å²) in [6.07, 6.45) is 5.21. The highest BCUT2D eigenvalue weighted by atomic mass is 16.1. The van der Waals surface area contributed by atoms with Crippen molar-refractivity contribution in [3.63, 3.8) is 0 Å². The van der Waals surface area contributed by atoms with Gasteiger partial charge in [-0.15, -0.1) is 0 Å². The molecule has 0 aliphatic heterocycles. The quantitative estimate of drug-likeness (QED) is 0.512. The summed E-state index contributed by atoms with van der Waals surface area (Å²) in [5, 5.41) is 2.49. The van der Waals surface area contributed by atoms with Crippen LogP contribution in [0.1, 0.15) is 12.1 Å². The fourth-order valence-corrected chi connectivity index (χ4v) is 0.955. The lowest BCUT2D eigenvalue weighted by Crippen LogP contribution is -2.12. The number of aryl methyl sites for hydroxylation is 1. The van der Waals surface area contributed by atoms with E-state index < -0.39 is 0 Å². The van der Waals surface area contributed by atoms with Crippen molar-refractivity contribution >= 4 is 6.41 Å². The van der Waals surface area contributed by atoms with E-state index in [1.807, 2.05) is 18.2 Å². The van der Waals surface area contributed by atoms with E-state index in [0.717, 1.165) is 18.5 Å². The molecule has 1 aromatic rings. The highest BCUT2D eigenvalue weighted by Crippen LogP contribution is 1.96. The molecule has 0 saturated heterocycles. The van der Waals surface area contributed by atoms with Gasteiger partial charge in [-0.1, -0.05) is 6.07 Å². The van der Waals surface area contributed by atoms with Crippen molar-refractivity contribution in [1.82, 2.24) is 10.3 Å². The maximum absolute atomic E-state index is 9.76. The molecule has 0 saturated carbocycles. The molecule has 0 aliphatic rings. The van der Waals surface area contributed by atoms with Crippen LogP contribution in [0, 0.1) is 0 Å². The lowest BCUT2D eigenvalue weighted by atomic mass is 10.2. The molecule has 0 unspecified atom stereocenters. The molecule has 1 rings (SSSR count). The van der Waals surface area contributed by atoms with Crippen molar-refractivity contribution in [2.24, 2.45) is 0 Å². The second kappa shape index (κ2) is 5.29. The standard InChI is InChI=1S/C9H11N2O/c12-8-10-6-3-5-9-4-1-2-7-11-9/h1-2,4,7H,3,5-6H2,(H,10,12). The maximum atomic E-state index is 9.76. The predicted molar refractivity (Wildman–Crippen MR) is 46.3 cm³/mol. The Labute approximate surface area is 71.8 Å². The van der Waals surface area contributed by atoms with Crippen LogP contribution < -0.4 is 5.32 Å². The molecule has 0 spiro atoms. The second-order valence-corrected chi connectivity index (χ2v) is 2.45. The van der Waals surface area contributed by atoms with Gasteiger partial charge in [0.2, 0.25) is 0 Å². The molecule has 1 radical (unpaired) electrons. The minimum atomic E-state index is 0.667. The van der Waals surface area contributed by atoms with Gasteiger partial charge >= 0.3 is 6.41 Å². The van der Waals surface area contributed by atoms with Crippen LogP contribution in [-0.4, -0.2) is 17.9 Å². The lowest BCUT2D eigenvalue weighted by Gasteiger charge is -1.98. The molecule has 0 atom stereocenters. The Morgan fingerprint density at radius 3 is 3.08 bits per heavy atom. The van der Waals surface area contributed by atoms with Gasteiger partial charge in [-0.05, 0) is 25.0 Å². The summed E-state index contributed by atoms with van der Waals surface area (Å²) in [6, 6.07) is 5.83. The third-order valence-electron chi connectivity index (χ3n) is 1.53. The van der Waals surface area contributed by atoms with Gasteiger partial charge in [-0.25, -0.2) is 0 Å². The monoisotopic (exact) mass is 163 g/mol. The number of pyridine rings is 1. The molecule has 1 N–H and O–H groups in total. The van der Waals surface area contributed by atoms with Crippen molar-refractivity contribution in [2.75, 3.05) is 6.54 Å². The number of amides is 1. The zero-order chi connectivity index (χ0) is 8.65. The molecule has 63 valence electrons. The predicted octanol–water partition coefficient (Wildman–Crippen LogP) is 0.671.